The van der Waals surface area contributed by atoms with Gasteiger partial charge in [0.15, 0.2) is 0 Å². The first-order chi connectivity index (χ1) is 14.4. The Morgan fingerprint density at radius 3 is 2.43 bits per heavy atom. The second-order valence-electron chi connectivity index (χ2n) is 9.35. The van der Waals surface area contributed by atoms with Gasteiger partial charge in [0.1, 0.15) is 0 Å². The van der Waals surface area contributed by atoms with Gasteiger partial charge in [0.05, 0.1) is 5.56 Å². The van der Waals surface area contributed by atoms with E-state index in [-0.39, 0.29) is 17.0 Å². The highest BCUT2D eigenvalue weighted by Crippen LogP contribution is 2.57. The molecule has 2 atom stereocenters. The molecule has 6 rings (SSSR count). The van der Waals surface area contributed by atoms with Crippen molar-refractivity contribution in [2.24, 2.45) is 11.8 Å². The molecule has 2 aromatic heterocycles. The van der Waals surface area contributed by atoms with Crippen LogP contribution in [0.15, 0.2) is 42.7 Å². The largest absolute Gasteiger partial charge is 0.414 e. The second kappa shape index (κ2) is 7.07. The fraction of sp³-hybridized carbons (Fsp3) is 0.478. The van der Waals surface area contributed by atoms with E-state index < -0.39 is 6.09 Å². The van der Waals surface area contributed by atoms with E-state index in [4.69, 9.17) is 4.74 Å². The zero-order valence-corrected chi connectivity index (χ0v) is 17.1. The molecule has 2 heterocycles. The lowest BCUT2D eigenvalue weighted by molar-refractivity contribution is -0.0449. The predicted octanol–water partition coefficient (Wildman–Crippen LogP) is 3.39. The number of aromatic nitrogens is 2. The Balaban J connectivity index is 1.32. The van der Waals surface area contributed by atoms with Crippen LogP contribution in [-0.2, 0) is 0 Å². The van der Waals surface area contributed by atoms with E-state index in [0.29, 0.717) is 23.3 Å². The van der Waals surface area contributed by atoms with Gasteiger partial charge in [-0.2, -0.15) is 0 Å². The van der Waals surface area contributed by atoms with Gasteiger partial charge in [-0.1, -0.05) is 6.07 Å². The molecular formula is C23H26N4O3. The fourth-order valence-electron chi connectivity index (χ4n) is 6.28. The van der Waals surface area contributed by atoms with Crippen LogP contribution in [0.5, 0.6) is 5.88 Å². The van der Waals surface area contributed by atoms with E-state index in [1.807, 2.05) is 19.1 Å². The molecule has 7 heteroatoms. The molecule has 0 saturated heterocycles. The number of carbonyl (C=O) groups is 2. The van der Waals surface area contributed by atoms with Crippen molar-refractivity contribution in [3.8, 4) is 5.88 Å². The molecule has 2 N–H and O–H groups in total. The molecule has 4 saturated carbocycles. The number of carbonyl (C=O) groups excluding carboxylic acids is 2. The van der Waals surface area contributed by atoms with E-state index in [1.54, 1.807) is 30.6 Å². The van der Waals surface area contributed by atoms with Crippen molar-refractivity contribution in [3.05, 3.63) is 54.0 Å². The lowest BCUT2D eigenvalue weighted by Gasteiger charge is -2.62. The van der Waals surface area contributed by atoms with Gasteiger partial charge in [-0.25, -0.2) is 9.78 Å². The summed E-state index contributed by atoms with van der Waals surface area (Å²) in [5, 5.41) is 6.48. The minimum Gasteiger partial charge on any atom is -0.391 e. The summed E-state index contributed by atoms with van der Waals surface area (Å²) in [7, 11) is 0. The number of nitrogens with one attached hydrogen (secondary N) is 2. The summed E-state index contributed by atoms with van der Waals surface area (Å²) < 4.78 is 5.46. The second-order valence-corrected chi connectivity index (χ2v) is 9.35. The number of rotatable bonds is 4. The van der Waals surface area contributed by atoms with E-state index in [2.05, 4.69) is 20.6 Å². The Morgan fingerprint density at radius 1 is 1.03 bits per heavy atom. The minimum atomic E-state index is -0.469. The molecule has 4 aliphatic carbocycles. The Bertz CT molecular complexity index is 963. The van der Waals surface area contributed by atoms with Gasteiger partial charge in [0.2, 0.25) is 5.88 Å². The maximum absolute atomic E-state index is 12.9. The molecule has 4 aliphatic rings. The number of hydrogen-bond acceptors (Lipinski definition) is 5. The van der Waals surface area contributed by atoms with Crippen LogP contribution in [0.3, 0.4) is 0 Å². The summed E-state index contributed by atoms with van der Waals surface area (Å²) in [5.41, 5.74) is 0.742. The van der Waals surface area contributed by atoms with Crippen LogP contribution in [0.1, 0.15) is 54.6 Å². The van der Waals surface area contributed by atoms with Gasteiger partial charge < -0.3 is 15.4 Å². The summed E-state index contributed by atoms with van der Waals surface area (Å²) >= 11 is 0. The number of ether oxygens (including phenoxy) is 1. The van der Waals surface area contributed by atoms with E-state index >= 15 is 0 Å². The van der Waals surface area contributed by atoms with Crippen molar-refractivity contribution in [2.75, 3.05) is 0 Å². The zero-order chi connectivity index (χ0) is 20.8. The highest BCUT2D eigenvalue weighted by atomic mass is 16.6. The molecular weight excluding hydrogens is 380 g/mol. The third-order valence-corrected chi connectivity index (χ3v) is 6.79. The Labute approximate surface area is 175 Å². The summed E-state index contributed by atoms with van der Waals surface area (Å²) in [5.74, 6) is 1.21. The average molecular weight is 406 g/mol. The third kappa shape index (κ3) is 3.64. The first kappa shape index (κ1) is 19.0. The van der Waals surface area contributed by atoms with Crippen molar-refractivity contribution in [1.82, 2.24) is 20.6 Å². The van der Waals surface area contributed by atoms with E-state index in [0.717, 1.165) is 37.8 Å². The SMILES string of the molecule is Cc1cccc(OC(=O)NC23CC4CC(C2)CC(NC(=O)c2cccnc2)(C4)C3)n1. The van der Waals surface area contributed by atoms with Crippen LogP contribution in [0.25, 0.3) is 0 Å². The maximum Gasteiger partial charge on any atom is 0.414 e. The number of pyridine rings is 2. The topological polar surface area (TPSA) is 93.2 Å². The molecule has 7 nitrogen and oxygen atoms in total. The van der Waals surface area contributed by atoms with Crippen LogP contribution in [0, 0.1) is 18.8 Å². The van der Waals surface area contributed by atoms with Crippen LogP contribution in [0.4, 0.5) is 4.79 Å². The maximum atomic E-state index is 12.9. The Morgan fingerprint density at radius 2 is 1.77 bits per heavy atom. The van der Waals surface area contributed by atoms with Gasteiger partial charge in [0.25, 0.3) is 5.91 Å². The van der Waals surface area contributed by atoms with Crippen molar-refractivity contribution in [1.29, 1.82) is 0 Å². The fourth-order valence-corrected chi connectivity index (χ4v) is 6.28. The van der Waals surface area contributed by atoms with Crippen LogP contribution < -0.4 is 15.4 Å². The Hall–Kier alpha value is -2.96. The molecule has 156 valence electrons. The molecule has 2 unspecified atom stereocenters. The molecule has 2 aromatic rings. The number of hydrogen-bond donors (Lipinski definition) is 2. The number of amides is 2. The standard InChI is InChI=1S/C23H26N4O3/c1-15-4-2-6-19(25-15)30-21(29)27-23-11-16-8-17(12-23)10-22(9-16,14-23)26-20(28)18-5-3-7-24-13-18/h2-7,13,16-17H,8-12,14H2,1H3,(H,26,28)(H,27,29). The zero-order valence-electron chi connectivity index (χ0n) is 17.1. The Kier molecular flexibility index (Phi) is 4.49. The highest BCUT2D eigenvalue weighted by molar-refractivity contribution is 5.94. The highest BCUT2D eigenvalue weighted by Gasteiger charge is 2.59. The van der Waals surface area contributed by atoms with Crippen molar-refractivity contribution in [3.63, 3.8) is 0 Å². The smallest absolute Gasteiger partial charge is 0.391 e. The van der Waals surface area contributed by atoms with Crippen molar-refractivity contribution in [2.45, 2.75) is 56.5 Å². The average Bonchev–Trinajstić information content (AvgIpc) is 2.66. The molecule has 0 radical (unpaired) electrons. The molecule has 0 aliphatic heterocycles. The quantitative estimate of drug-likeness (QED) is 0.812. The molecule has 0 aromatic carbocycles. The van der Waals surface area contributed by atoms with E-state index in [1.165, 1.54) is 6.42 Å². The lowest BCUT2D eigenvalue weighted by Crippen LogP contribution is -2.70. The summed E-state index contributed by atoms with van der Waals surface area (Å²) in [4.78, 5) is 33.9. The third-order valence-electron chi connectivity index (χ3n) is 6.79. The monoisotopic (exact) mass is 406 g/mol. The lowest BCUT2D eigenvalue weighted by atomic mass is 9.50. The molecule has 4 fully saturated rings. The number of aryl methyl sites for hydroxylation is 1. The molecule has 0 spiro atoms. The normalized spacial score (nSPS) is 31.2. The summed E-state index contributed by atoms with van der Waals surface area (Å²) in [6, 6.07) is 8.91. The van der Waals surface area contributed by atoms with E-state index in [9.17, 15) is 9.59 Å². The summed E-state index contributed by atoms with van der Waals surface area (Å²) in [6.45, 7) is 1.86. The van der Waals surface area contributed by atoms with Crippen LogP contribution >= 0.6 is 0 Å². The minimum absolute atomic E-state index is 0.0910. The van der Waals surface area contributed by atoms with Crippen LogP contribution in [0.2, 0.25) is 0 Å². The van der Waals surface area contributed by atoms with Crippen LogP contribution in [-0.4, -0.2) is 33.0 Å². The molecule has 2 amide bonds. The molecule has 4 bridgehead atoms. The number of nitrogens with zero attached hydrogens (tertiary/aromatic N) is 2. The van der Waals surface area contributed by atoms with Gasteiger partial charge in [0, 0.05) is 35.2 Å². The van der Waals surface area contributed by atoms with Gasteiger partial charge >= 0.3 is 6.09 Å². The van der Waals surface area contributed by atoms with Crippen molar-refractivity contribution < 1.29 is 14.3 Å². The predicted molar refractivity (Wildman–Crippen MR) is 110 cm³/mol. The van der Waals surface area contributed by atoms with Gasteiger partial charge in [-0.3, -0.25) is 9.78 Å². The molecule has 30 heavy (non-hydrogen) atoms. The first-order valence-corrected chi connectivity index (χ1v) is 10.6. The van der Waals surface area contributed by atoms with Crippen molar-refractivity contribution >= 4 is 12.0 Å². The summed E-state index contributed by atoms with van der Waals surface area (Å²) in [6.07, 6.45) is 8.49. The van der Waals surface area contributed by atoms with Gasteiger partial charge in [-0.05, 0) is 75.5 Å². The first-order valence-electron chi connectivity index (χ1n) is 10.6. The van der Waals surface area contributed by atoms with Gasteiger partial charge in [-0.15, -0.1) is 0 Å².